The summed E-state index contributed by atoms with van der Waals surface area (Å²) in [7, 11) is 0. The molecule has 0 atom stereocenters. The molecule has 1 heteroatoms. The molecule has 0 saturated carbocycles. The van der Waals surface area contributed by atoms with Crippen LogP contribution in [0.2, 0.25) is 0 Å². The largest absolute Gasteiger partial charge is 0.507 e. The van der Waals surface area contributed by atoms with E-state index in [0.717, 1.165) is 17.5 Å². The second kappa shape index (κ2) is 4.52. The smallest absolute Gasteiger partial charge is 0.121 e. The molecule has 0 fully saturated rings. The van der Waals surface area contributed by atoms with Gasteiger partial charge in [-0.2, -0.15) is 0 Å². The van der Waals surface area contributed by atoms with Gasteiger partial charge >= 0.3 is 0 Å². The van der Waals surface area contributed by atoms with E-state index in [4.69, 9.17) is 0 Å². The predicted molar refractivity (Wildman–Crippen MR) is 65.5 cm³/mol. The summed E-state index contributed by atoms with van der Waals surface area (Å²) in [4.78, 5) is 0. The Bertz CT molecular complexity index is 396. The summed E-state index contributed by atoms with van der Waals surface area (Å²) >= 11 is 0. The van der Waals surface area contributed by atoms with E-state index in [0.29, 0.717) is 5.75 Å². The van der Waals surface area contributed by atoms with Crippen molar-refractivity contribution in [3.8, 4) is 5.75 Å². The van der Waals surface area contributed by atoms with Gasteiger partial charge in [0.25, 0.3) is 0 Å². The molecule has 0 bridgehead atoms. The Morgan fingerprint density at radius 1 is 1.20 bits per heavy atom. The first kappa shape index (κ1) is 11.8. The van der Waals surface area contributed by atoms with Gasteiger partial charge in [0.2, 0.25) is 0 Å². The molecule has 0 radical (unpaired) electrons. The molecule has 0 spiro atoms. The first-order valence-corrected chi connectivity index (χ1v) is 5.35. The lowest BCUT2D eigenvalue weighted by atomic mass is 9.96. The first-order valence-electron chi connectivity index (χ1n) is 5.35. The van der Waals surface area contributed by atoms with Crippen LogP contribution in [0.5, 0.6) is 5.75 Å². The van der Waals surface area contributed by atoms with Crippen molar-refractivity contribution in [1.29, 1.82) is 0 Å². The lowest BCUT2D eigenvalue weighted by molar-refractivity contribution is 0.466. The number of hydrogen-bond acceptors (Lipinski definition) is 1. The third-order valence-electron chi connectivity index (χ3n) is 2.89. The monoisotopic (exact) mass is 204 g/mol. The van der Waals surface area contributed by atoms with Crippen LogP contribution in [-0.2, 0) is 6.42 Å². The molecule has 0 amide bonds. The lowest BCUT2D eigenvalue weighted by Gasteiger charge is -2.11. The molecule has 0 aliphatic heterocycles. The highest BCUT2D eigenvalue weighted by Crippen LogP contribution is 2.27. The fourth-order valence-corrected chi connectivity index (χ4v) is 1.68. The van der Waals surface area contributed by atoms with Crippen LogP contribution in [0, 0.1) is 20.8 Å². The molecule has 1 rings (SSSR count). The number of phenolic OH excluding ortho intramolecular Hbond substituents is 1. The average Bonchev–Trinajstić information content (AvgIpc) is 2.18. The normalized spacial score (nSPS) is 10.2. The molecule has 0 saturated heterocycles. The van der Waals surface area contributed by atoms with Gasteiger partial charge in [0, 0.05) is 0 Å². The topological polar surface area (TPSA) is 20.2 Å². The number of aromatic hydroxyl groups is 1. The summed E-state index contributed by atoms with van der Waals surface area (Å²) in [6.07, 6.45) is 3.17. The number of rotatable bonds is 2. The van der Waals surface area contributed by atoms with Gasteiger partial charge < -0.3 is 5.11 Å². The second-order valence-electron chi connectivity index (χ2n) is 4.44. The second-order valence-corrected chi connectivity index (χ2v) is 4.44. The number of hydrogen-bond donors (Lipinski definition) is 1. The van der Waals surface area contributed by atoms with Gasteiger partial charge in [0.05, 0.1) is 0 Å². The Kier molecular flexibility index (Phi) is 3.57. The maximum absolute atomic E-state index is 9.77. The van der Waals surface area contributed by atoms with Crippen molar-refractivity contribution in [3.05, 3.63) is 40.0 Å². The van der Waals surface area contributed by atoms with Gasteiger partial charge in [0.15, 0.2) is 0 Å². The Balaban J connectivity index is 3.15. The van der Waals surface area contributed by atoms with Crippen LogP contribution in [0.25, 0.3) is 0 Å². The highest BCUT2D eigenvalue weighted by Gasteiger charge is 2.07. The Labute approximate surface area is 92.5 Å². The van der Waals surface area contributed by atoms with Gasteiger partial charge in [-0.3, -0.25) is 0 Å². The number of benzene rings is 1. The Morgan fingerprint density at radius 2 is 1.80 bits per heavy atom. The SMILES string of the molecule is CC(C)=CCc1cc(C)c(O)c(C)c1C. The van der Waals surface area contributed by atoms with E-state index in [9.17, 15) is 5.11 Å². The van der Waals surface area contributed by atoms with E-state index in [2.05, 4.69) is 32.9 Å². The van der Waals surface area contributed by atoms with E-state index >= 15 is 0 Å². The molecule has 15 heavy (non-hydrogen) atoms. The van der Waals surface area contributed by atoms with E-state index in [1.54, 1.807) is 0 Å². The minimum absolute atomic E-state index is 0.438. The fraction of sp³-hybridized carbons (Fsp3) is 0.429. The van der Waals surface area contributed by atoms with Gasteiger partial charge in [-0.1, -0.05) is 17.7 Å². The summed E-state index contributed by atoms with van der Waals surface area (Å²) in [6, 6.07) is 2.08. The van der Waals surface area contributed by atoms with Crippen LogP contribution in [0.15, 0.2) is 17.7 Å². The number of allylic oxidation sites excluding steroid dienone is 2. The molecular formula is C14H20O. The molecule has 0 heterocycles. The van der Waals surface area contributed by atoms with Crippen molar-refractivity contribution in [2.45, 2.75) is 41.0 Å². The highest BCUT2D eigenvalue weighted by atomic mass is 16.3. The third-order valence-corrected chi connectivity index (χ3v) is 2.89. The summed E-state index contributed by atoms with van der Waals surface area (Å²) in [5.74, 6) is 0.438. The summed E-state index contributed by atoms with van der Waals surface area (Å²) < 4.78 is 0. The van der Waals surface area contributed by atoms with Crippen molar-refractivity contribution < 1.29 is 5.11 Å². The van der Waals surface area contributed by atoms with Crippen molar-refractivity contribution in [2.75, 3.05) is 0 Å². The van der Waals surface area contributed by atoms with Crippen LogP contribution in [-0.4, -0.2) is 5.11 Å². The molecule has 0 aliphatic rings. The lowest BCUT2D eigenvalue weighted by Crippen LogP contribution is -1.94. The standard InChI is InChI=1S/C14H20O/c1-9(2)6-7-13-8-10(3)14(15)12(5)11(13)4/h6,8,15H,7H2,1-5H3. The van der Waals surface area contributed by atoms with Gasteiger partial charge in [-0.15, -0.1) is 0 Å². The molecular weight excluding hydrogens is 184 g/mol. The molecule has 0 aliphatic carbocycles. The van der Waals surface area contributed by atoms with E-state index < -0.39 is 0 Å². The van der Waals surface area contributed by atoms with Crippen molar-refractivity contribution >= 4 is 0 Å². The van der Waals surface area contributed by atoms with Crippen LogP contribution < -0.4 is 0 Å². The Hall–Kier alpha value is -1.24. The summed E-state index contributed by atoms with van der Waals surface area (Å²) in [6.45, 7) is 10.2. The highest BCUT2D eigenvalue weighted by molar-refractivity contribution is 5.48. The maximum Gasteiger partial charge on any atom is 0.121 e. The van der Waals surface area contributed by atoms with Gasteiger partial charge in [0.1, 0.15) is 5.75 Å². The van der Waals surface area contributed by atoms with E-state index in [1.165, 1.54) is 16.7 Å². The zero-order chi connectivity index (χ0) is 11.6. The van der Waals surface area contributed by atoms with Crippen LogP contribution in [0.4, 0.5) is 0 Å². The molecule has 1 N–H and O–H groups in total. The van der Waals surface area contributed by atoms with E-state index in [1.807, 2.05) is 13.8 Å². The number of aryl methyl sites for hydroxylation is 1. The van der Waals surface area contributed by atoms with Gasteiger partial charge in [-0.05, 0) is 63.3 Å². The first-order chi connectivity index (χ1) is 6.93. The zero-order valence-electron chi connectivity index (χ0n) is 10.3. The minimum atomic E-state index is 0.438. The third kappa shape index (κ3) is 2.62. The molecule has 1 aromatic carbocycles. The van der Waals surface area contributed by atoms with Crippen LogP contribution in [0.3, 0.4) is 0 Å². The molecule has 0 aromatic heterocycles. The number of phenols is 1. The summed E-state index contributed by atoms with van der Waals surface area (Å²) in [5.41, 5.74) is 5.82. The fourth-order valence-electron chi connectivity index (χ4n) is 1.68. The van der Waals surface area contributed by atoms with Gasteiger partial charge in [-0.25, -0.2) is 0 Å². The summed E-state index contributed by atoms with van der Waals surface area (Å²) in [5, 5.41) is 9.77. The predicted octanol–water partition coefficient (Wildman–Crippen LogP) is 3.83. The maximum atomic E-state index is 9.77. The molecule has 1 aromatic rings. The van der Waals surface area contributed by atoms with Crippen LogP contribution in [0.1, 0.15) is 36.1 Å². The molecule has 82 valence electrons. The van der Waals surface area contributed by atoms with E-state index in [-0.39, 0.29) is 0 Å². The van der Waals surface area contributed by atoms with Crippen molar-refractivity contribution in [1.82, 2.24) is 0 Å². The van der Waals surface area contributed by atoms with Crippen molar-refractivity contribution in [2.24, 2.45) is 0 Å². The average molecular weight is 204 g/mol. The molecule has 1 nitrogen and oxygen atoms in total. The van der Waals surface area contributed by atoms with Crippen molar-refractivity contribution in [3.63, 3.8) is 0 Å². The zero-order valence-corrected chi connectivity index (χ0v) is 10.3. The molecule has 0 unspecified atom stereocenters. The minimum Gasteiger partial charge on any atom is -0.507 e. The Morgan fingerprint density at radius 3 is 2.33 bits per heavy atom. The van der Waals surface area contributed by atoms with Crippen LogP contribution >= 0.6 is 0 Å². The quantitative estimate of drug-likeness (QED) is 0.726.